The lowest BCUT2D eigenvalue weighted by atomic mass is 9.46. The molecule has 4 rings (SSSR count). The van der Waals surface area contributed by atoms with E-state index in [0.717, 1.165) is 32.1 Å². The van der Waals surface area contributed by atoms with Gasteiger partial charge in [0.15, 0.2) is 0 Å². The summed E-state index contributed by atoms with van der Waals surface area (Å²) in [7, 11) is 0. The van der Waals surface area contributed by atoms with Crippen LogP contribution in [-0.2, 0) is 4.74 Å². The van der Waals surface area contributed by atoms with E-state index < -0.39 is 0 Å². The molecule has 0 aromatic heterocycles. The molecule has 0 saturated heterocycles. The van der Waals surface area contributed by atoms with Gasteiger partial charge in [0, 0.05) is 0 Å². The zero-order valence-electron chi connectivity index (χ0n) is 23.5. The monoisotopic (exact) mass is 468 g/mol. The Labute approximate surface area is 210 Å². The molecule has 2 heteroatoms. The fraction of sp³-hybridized carbons (Fsp3) is 0.812. The Bertz CT molecular complexity index is 858. The van der Waals surface area contributed by atoms with E-state index in [1.54, 1.807) is 11.1 Å². The van der Waals surface area contributed by atoms with Crippen LogP contribution in [0.25, 0.3) is 0 Å². The fourth-order valence-corrected chi connectivity index (χ4v) is 8.76. The average Bonchev–Trinajstić information content (AvgIpc) is 3.05. The molecule has 1 saturated carbocycles. The molecule has 4 unspecified atom stereocenters. The molecule has 1 fully saturated rings. The molecule has 0 aromatic carbocycles. The van der Waals surface area contributed by atoms with Gasteiger partial charge in [0.05, 0.1) is 18.3 Å². The van der Waals surface area contributed by atoms with E-state index in [1.165, 1.54) is 36.8 Å². The van der Waals surface area contributed by atoms with Gasteiger partial charge in [-0.1, -0.05) is 59.8 Å². The Morgan fingerprint density at radius 2 is 1.82 bits per heavy atom. The molecule has 4 aliphatic carbocycles. The largest absolute Gasteiger partial charge is 0.389 e. The number of rotatable bonds is 7. The predicted molar refractivity (Wildman–Crippen MR) is 144 cm³/mol. The second kappa shape index (κ2) is 9.22. The van der Waals surface area contributed by atoms with Crippen molar-refractivity contribution in [1.29, 1.82) is 0 Å². The highest BCUT2D eigenvalue weighted by Crippen LogP contribution is 2.66. The smallest absolute Gasteiger partial charge is 0.0769 e. The number of fused-ring (bicyclic) bond motifs is 4. The van der Waals surface area contributed by atoms with E-state index in [9.17, 15) is 5.11 Å². The van der Waals surface area contributed by atoms with Gasteiger partial charge in [-0.3, -0.25) is 0 Å². The molecule has 0 spiro atoms. The van der Waals surface area contributed by atoms with Crippen molar-refractivity contribution in [3.8, 4) is 0 Å². The third-order valence-corrected chi connectivity index (χ3v) is 10.7. The van der Waals surface area contributed by atoms with Gasteiger partial charge in [-0.25, -0.2) is 0 Å². The number of aliphatic hydroxyl groups is 1. The van der Waals surface area contributed by atoms with Crippen LogP contribution in [0.5, 0.6) is 0 Å². The molecule has 0 aliphatic heterocycles. The van der Waals surface area contributed by atoms with Crippen molar-refractivity contribution in [3.63, 3.8) is 0 Å². The van der Waals surface area contributed by atoms with E-state index in [1.807, 2.05) is 0 Å². The normalized spacial score (nSPS) is 39.1. The van der Waals surface area contributed by atoms with Crippen molar-refractivity contribution in [3.05, 3.63) is 34.9 Å². The SMILES string of the molecule is C=C(CCC[C@H]1CC=C2C3=C([C@@H](O)CC21C)C1(C)CCC(OC(C)C)C(C)(C)C1CC3)C(C)C. The van der Waals surface area contributed by atoms with Crippen LogP contribution in [0, 0.1) is 34.0 Å². The number of allylic oxidation sites excluding steroid dienone is 4. The first-order valence-corrected chi connectivity index (χ1v) is 14.3. The molecule has 34 heavy (non-hydrogen) atoms. The first-order chi connectivity index (χ1) is 15.8. The molecule has 2 nitrogen and oxygen atoms in total. The molecule has 4 aliphatic rings. The molecule has 0 amide bonds. The Kier molecular flexibility index (Phi) is 7.11. The van der Waals surface area contributed by atoms with Crippen LogP contribution in [-0.4, -0.2) is 23.4 Å². The maximum Gasteiger partial charge on any atom is 0.0769 e. The molecule has 0 heterocycles. The molecule has 0 aromatic rings. The molecule has 0 radical (unpaired) electrons. The Morgan fingerprint density at radius 3 is 2.47 bits per heavy atom. The van der Waals surface area contributed by atoms with Gasteiger partial charge in [0.2, 0.25) is 0 Å². The van der Waals surface area contributed by atoms with Crippen molar-refractivity contribution in [2.75, 3.05) is 0 Å². The van der Waals surface area contributed by atoms with Gasteiger partial charge in [-0.15, -0.1) is 0 Å². The van der Waals surface area contributed by atoms with Crippen molar-refractivity contribution < 1.29 is 9.84 Å². The summed E-state index contributed by atoms with van der Waals surface area (Å²) in [6, 6.07) is 0. The molecule has 192 valence electrons. The van der Waals surface area contributed by atoms with E-state index in [0.29, 0.717) is 23.9 Å². The lowest BCUT2D eigenvalue weighted by Gasteiger charge is -2.60. The van der Waals surface area contributed by atoms with Crippen LogP contribution < -0.4 is 0 Å². The quantitative estimate of drug-likeness (QED) is 0.380. The number of ether oxygens (including phenoxy) is 1. The van der Waals surface area contributed by atoms with Crippen molar-refractivity contribution in [2.24, 2.45) is 34.0 Å². The summed E-state index contributed by atoms with van der Waals surface area (Å²) in [5, 5.41) is 11.8. The van der Waals surface area contributed by atoms with E-state index in [4.69, 9.17) is 4.74 Å². The molecular formula is C32H52O2. The summed E-state index contributed by atoms with van der Waals surface area (Å²) in [4.78, 5) is 0. The highest BCUT2D eigenvalue weighted by molar-refractivity contribution is 5.51. The van der Waals surface area contributed by atoms with Crippen LogP contribution >= 0.6 is 0 Å². The Balaban J connectivity index is 1.58. The second-order valence-corrected chi connectivity index (χ2v) is 13.8. The number of hydrogen-bond donors (Lipinski definition) is 1. The van der Waals surface area contributed by atoms with Crippen LogP contribution in [0.4, 0.5) is 0 Å². The summed E-state index contributed by atoms with van der Waals surface area (Å²) in [5.41, 5.74) is 6.30. The first kappa shape index (κ1) is 26.2. The average molecular weight is 469 g/mol. The van der Waals surface area contributed by atoms with E-state index in [2.05, 4.69) is 68.0 Å². The minimum atomic E-state index is -0.297. The van der Waals surface area contributed by atoms with Crippen molar-refractivity contribution >= 4 is 0 Å². The Morgan fingerprint density at radius 1 is 1.12 bits per heavy atom. The zero-order chi connectivity index (χ0) is 25.1. The minimum Gasteiger partial charge on any atom is -0.389 e. The van der Waals surface area contributed by atoms with Gasteiger partial charge in [0.25, 0.3) is 0 Å². The predicted octanol–water partition coefficient (Wildman–Crippen LogP) is 8.41. The van der Waals surface area contributed by atoms with Gasteiger partial charge in [-0.05, 0) is 122 Å². The maximum absolute atomic E-state index is 11.8. The van der Waals surface area contributed by atoms with Crippen LogP contribution in [0.2, 0.25) is 0 Å². The topological polar surface area (TPSA) is 29.5 Å². The third kappa shape index (κ3) is 4.19. The second-order valence-electron chi connectivity index (χ2n) is 13.8. The molecule has 6 atom stereocenters. The van der Waals surface area contributed by atoms with Gasteiger partial charge < -0.3 is 9.84 Å². The van der Waals surface area contributed by atoms with Crippen molar-refractivity contribution in [1.82, 2.24) is 0 Å². The molecule has 1 N–H and O–H groups in total. The minimum absolute atomic E-state index is 0.0859. The third-order valence-electron chi connectivity index (χ3n) is 10.7. The van der Waals surface area contributed by atoms with Crippen LogP contribution in [0.15, 0.2) is 34.9 Å². The van der Waals surface area contributed by atoms with Gasteiger partial charge in [0.1, 0.15) is 0 Å². The summed E-state index contributed by atoms with van der Waals surface area (Å²) < 4.78 is 6.44. The van der Waals surface area contributed by atoms with Gasteiger partial charge >= 0.3 is 0 Å². The van der Waals surface area contributed by atoms with E-state index in [-0.39, 0.29) is 28.5 Å². The van der Waals surface area contributed by atoms with E-state index >= 15 is 0 Å². The first-order valence-electron chi connectivity index (χ1n) is 14.3. The summed E-state index contributed by atoms with van der Waals surface area (Å²) in [6.45, 7) is 22.9. The Hall–Kier alpha value is -0.860. The maximum atomic E-state index is 11.8. The van der Waals surface area contributed by atoms with Crippen LogP contribution in [0.3, 0.4) is 0 Å². The fourth-order valence-electron chi connectivity index (χ4n) is 8.76. The highest BCUT2D eigenvalue weighted by Gasteiger charge is 2.59. The van der Waals surface area contributed by atoms with Gasteiger partial charge in [-0.2, -0.15) is 0 Å². The standard InChI is InChI=1S/C32H52O2/c1-20(2)22(5)11-10-12-23-13-15-25-24-14-16-27-30(6,7)28(34-21(3)4)17-18-31(27,8)29(24)26(33)19-32(23,25)9/h15,20-21,23,26-28,33H,5,10-14,16-19H2,1-4,6-9H3/t23-,26-,27?,28?,31?,32?/m0/s1. The lowest BCUT2D eigenvalue weighted by molar-refractivity contribution is -0.142. The summed E-state index contributed by atoms with van der Waals surface area (Å²) >= 11 is 0. The number of aliphatic hydroxyl groups excluding tert-OH is 1. The van der Waals surface area contributed by atoms with Crippen LogP contribution in [0.1, 0.15) is 113 Å². The summed E-state index contributed by atoms with van der Waals surface area (Å²) in [5.74, 6) is 1.80. The molecular weight excluding hydrogens is 416 g/mol. The highest BCUT2D eigenvalue weighted by atomic mass is 16.5. The number of hydrogen-bond acceptors (Lipinski definition) is 2. The summed E-state index contributed by atoms with van der Waals surface area (Å²) in [6.07, 6.45) is 13.2. The lowest BCUT2D eigenvalue weighted by Crippen LogP contribution is -2.56. The zero-order valence-corrected chi connectivity index (χ0v) is 23.5. The van der Waals surface area contributed by atoms with Crippen molar-refractivity contribution in [2.45, 2.75) is 131 Å². The molecule has 0 bridgehead atoms.